The van der Waals surface area contributed by atoms with Gasteiger partial charge in [-0.1, -0.05) is 40.4 Å². The number of anilines is 1. The molecule has 1 unspecified atom stereocenters. The lowest BCUT2D eigenvalue weighted by molar-refractivity contribution is -0.123. The van der Waals surface area contributed by atoms with E-state index in [4.69, 9.17) is 14.2 Å². The summed E-state index contributed by atoms with van der Waals surface area (Å²) in [4.78, 5) is 25.5. The summed E-state index contributed by atoms with van der Waals surface area (Å²) in [5.74, 6) is -3.84. The number of carbonyl (C=O) groups is 2. The lowest BCUT2D eigenvalue weighted by atomic mass is 9.95. The first kappa shape index (κ1) is 25.3. The number of carbonyl (C=O) groups excluding carboxylic acids is 2. The van der Waals surface area contributed by atoms with Crippen molar-refractivity contribution < 1.29 is 32.6 Å². The minimum atomic E-state index is -2.60. The highest BCUT2D eigenvalue weighted by Crippen LogP contribution is 2.36. The molecular weight excluding hydrogens is 424 g/mol. The third-order valence-electron chi connectivity index (χ3n) is 4.87. The molecule has 1 fully saturated rings. The van der Waals surface area contributed by atoms with E-state index in [0.29, 0.717) is 13.0 Å². The first-order valence-corrected chi connectivity index (χ1v) is 14.1. The Morgan fingerprint density at radius 3 is 2.29 bits per heavy atom. The highest BCUT2D eigenvalue weighted by molar-refractivity contribution is 6.89. The molecule has 1 aromatic rings. The van der Waals surface area contributed by atoms with Gasteiger partial charge in [0.05, 0.1) is 27.0 Å². The maximum Gasteiger partial charge on any atom is 0.344 e. The minimum absolute atomic E-state index is 0.0101. The number of rotatable bonds is 6. The molecule has 1 aromatic carbocycles. The summed E-state index contributed by atoms with van der Waals surface area (Å²) in [6, 6.07) is 0. The predicted molar refractivity (Wildman–Crippen MR) is 118 cm³/mol. The van der Waals surface area contributed by atoms with Crippen LogP contribution in [0.5, 0.6) is 5.75 Å². The molecule has 1 amide bonds. The van der Waals surface area contributed by atoms with E-state index in [0.717, 1.165) is 12.8 Å². The van der Waals surface area contributed by atoms with Crippen molar-refractivity contribution in [3.05, 3.63) is 17.2 Å². The third-order valence-corrected chi connectivity index (χ3v) is 6.81. The Kier molecular flexibility index (Phi) is 7.86. The first-order valence-electron chi connectivity index (χ1n) is 10.6. The molecule has 174 valence electrons. The van der Waals surface area contributed by atoms with Gasteiger partial charge < -0.3 is 19.5 Å². The number of hydrogen-bond acceptors (Lipinski definition) is 5. The summed E-state index contributed by atoms with van der Waals surface area (Å²) in [5.41, 5.74) is -1.76. The Balaban J connectivity index is 2.78. The number of nitrogens with one attached hydrogen (secondary N) is 1. The maximum atomic E-state index is 15.7. The lowest BCUT2D eigenvalue weighted by Crippen LogP contribution is -2.44. The van der Waals surface area contributed by atoms with Crippen molar-refractivity contribution >= 4 is 30.8 Å². The van der Waals surface area contributed by atoms with Crippen LogP contribution >= 0.6 is 0 Å². The van der Waals surface area contributed by atoms with Crippen molar-refractivity contribution in [3.8, 4) is 5.75 Å². The van der Waals surface area contributed by atoms with Crippen LogP contribution in [0.15, 0.2) is 0 Å². The van der Waals surface area contributed by atoms with Crippen LogP contribution in [0.2, 0.25) is 19.6 Å². The van der Waals surface area contributed by atoms with Crippen molar-refractivity contribution in [1.82, 2.24) is 0 Å². The predicted octanol–water partition coefficient (Wildman–Crippen LogP) is 4.58. The maximum absolute atomic E-state index is 15.7. The van der Waals surface area contributed by atoms with Crippen LogP contribution in [-0.2, 0) is 14.3 Å². The summed E-state index contributed by atoms with van der Waals surface area (Å²) < 4.78 is 47.8. The Morgan fingerprint density at radius 2 is 1.81 bits per heavy atom. The van der Waals surface area contributed by atoms with Gasteiger partial charge in [-0.3, -0.25) is 4.79 Å². The van der Waals surface area contributed by atoms with Gasteiger partial charge in [0.25, 0.3) is 0 Å². The highest BCUT2D eigenvalue weighted by atomic mass is 28.3. The summed E-state index contributed by atoms with van der Waals surface area (Å²) in [5, 5.41) is 2.34. The average Bonchev–Trinajstić information content (AvgIpc) is 2.64. The van der Waals surface area contributed by atoms with Crippen molar-refractivity contribution in [3.63, 3.8) is 0 Å². The highest BCUT2D eigenvalue weighted by Gasteiger charge is 2.38. The molecule has 0 saturated carbocycles. The molecule has 1 heterocycles. The van der Waals surface area contributed by atoms with Crippen molar-refractivity contribution in [2.75, 3.05) is 18.5 Å². The standard InChI is InChI=1S/C22H33F2NO5Si/c1-8-28-20(26)14-17(25-21(27)22(2,3)4)15(23)19(31(5,6)7)16(24)18(14)30-13-11-9-10-12-29-13/h13H,8-12H2,1-7H3,(H,25,27). The van der Waals surface area contributed by atoms with E-state index in [9.17, 15) is 9.59 Å². The molecule has 0 aromatic heterocycles. The van der Waals surface area contributed by atoms with Gasteiger partial charge in [-0.25, -0.2) is 13.6 Å². The van der Waals surface area contributed by atoms with E-state index in [1.165, 1.54) is 0 Å². The SMILES string of the molecule is CCOC(=O)c1c(NC(=O)C(C)(C)C)c(F)c([Si](C)(C)C)c(F)c1OC1CCCCO1. The third kappa shape index (κ3) is 5.82. The van der Waals surface area contributed by atoms with Crippen LogP contribution in [0.4, 0.5) is 14.5 Å². The fraction of sp³-hybridized carbons (Fsp3) is 0.636. The van der Waals surface area contributed by atoms with E-state index in [2.05, 4.69) is 5.32 Å². The van der Waals surface area contributed by atoms with Gasteiger partial charge >= 0.3 is 5.97 Å². The molecule has 0 spiro atoms. The molecule has 1 aliphatic heterocycles. The molecule has 1 atom stereocenters. The van der Waals surface area contributed by atoms with E-state index >= 15 is 8.78 Å². The molecule has 1 aliphatic rings. The number of benzene rings is 1. The van der Waals surface area contributed by atoms with Crippen molar-refractivity contribution in [1.29, 1.82) is 0 Å². The average molecular weight is 458 g/mol. The normalized spacial score (nSPS) is 17.3. The zero-order chi connectivity index (χ0) is 23.6. The molecule has 0 bridgehead atoms. The number of halogens is 2. The second-order valence-electron chi connectivity index (χ2n) is 9.67. The van der Waals surface area contributed by atoms with E-state index in [-0.39, 0.29) is 11.8 Å². The van der Waals surface area contributed by atoms with E-state index in [1.54, 1.807) is 47.3 Å². The fourth-order valence-corrected chi connectivity index (χ4v) is 4.74. The molecule has 6 nitrogen and oxygen atoms in total. The van der Waals surface area contributed by atoms with E-state index in [1.807, 2.05) is 0 Å². The van der Waals surface area contributed by atoms with Crippen molar-refractivity contribution in [2.45, 2.75) is 72.9 Å². The van der Waals surface area contributed by atoms with Crippen LogP contribution < -0.4 is 15.2 Å². The lowest BCUT2D eigenvalue weighted by Gasteiger charge is -2.29. The van der Waals surface area contributed by atoms with Gasteiger partial charge in [0.15, 0.2) is 17.9 Å². The molecule has 0 radical (unpaired) electrons. The Morgan fingerprint density at radius 1 is 1.16 bits per heavy atom. The summed E-state index contributed by atoms with van der Waals surface area (Å²) in [6.07, 6.45) is 1.40. The van der Waals surface area contributed by atoms with Gasteiger partial charge in [-0.15, -0.1) is 0 Å². The molecule has 2 rings (SSSR count). The Bertz CT molecular complexity index is 840. The molecule has 9 heteroatoms. The minimum Gasteiger partial charge on any atom is -0.462 e. The van der Waals surface area contributed by atoms with Crippen LogP contribution in [0.3, 0.4) is 0 Å². The number of amides is 1. The second-order valence-corrected chi connectivity index (χ2v) is 14.7. The van der Waals surface area contributed by atoms with Crippen LogP contribution in [0, 0.1) is 17.0 Å². The molecule has 1 saturated heterocycles. The fourth-order valence-electron chi connectivity index (χ4n) is 3.19. The summed E-state index contributed by atoms with van der Waals surface area (Å²) >= 11 is 0. The van der Waals surface area contributed by atoms with Crippen LogP contribution in [0.1, 0.15) is 57.3 Å². The first-order chi connectivity index (χ1) is 14.3. The topological polar surface area (TPSA) is 73.9 Å². The zero-order valence-corrected chi connectivity index (χ0v) is 20.4. The molecule has 0 aliphatic carbocycles. The van der Waals surface area contributed by atoms with Gasteiger partial charge in [0.1, 0.15) is 11.4 Å². The van der Waals surface area contributed by atoms with Crippen LogP contribution in [0.25, 0.3) is 0 Å². The van der Waals surface area contributed by atoms with E-state index < -0.39 is 60.3 Å². The number of hydrogen-bond donors (Lipinski definition) is 1. The number of esters is 1. The zero-order valence-electron chi connectivity index (χ0n) is 19.4. The summed E-state index contributed by atoms with van der Waals surface area (Å²) in [7, 11) is -2.60. The largest absolute Gasteiger partial charge is 0.462 e. The summed E-state index contributed by atoms with van der Waals surface area (Å²) in [6.45, 7) is 12.3. The van der Waals surface area contributed by atoms with Crippen molar-refractivity contribution in [2.24, 2.45) is 5.41 Å². The molecular formula is C22H33F2NO5Si. The second kappa shape index (κ2) is 9.64. The van der Waals surface area contributed by atoms with Crippen LogP contribution in [-0.4, -0.2) is 39.5 Å². The molecule has 1 N–H and O–H groups in total. The number of ether oxygens (including phenoxy) is 3. The van der Waals surface area contributed by atoms with Gasteiger partial charge in [-0.05, 0) is 19.8 Å². The Hall–Kier alpha value is -2.00. The monoisotopic (exact) mass is 457 g/mol. The van der Waals surface area contributed by atoms with Gasteiger partial charge in [-0.2, -0.15) is 0 Å². The smallest absolute Gasteiger partial charge is 0.344 e. The van der Waals surface area contributed by atoms with Gasteiger partial charge in [0.2, 0.25) is 5.91 Å². The quantitative estimate of drug-likeness (QED) is 0.500. The Labute approximate surface area is 183 Å². The molecule has 31 heavy (non-hydrogen) atoms. The van der Waals surface area contributed by atoms with Gasteiger partial charge in [0, 0.05) is 17.0 Å².